The van der Waals surface area contributed by atoms with E-state index in [2.05, 4.69) is 11.1 Å². The molecule has 0 aliphatic carbocycles. The standard InChI is InChI=1S/C8H11N3.C2F6NO4S2/c1-3-7(6-9)8-10-4-5-11(8)2;3-1(4,5)14(10,11)9-15(12,13)2(6,7)8/h4-5,7H,3H2,1-2H3;/q;-1/p+1. The third kappa shape index (κ3) is 6.14. The Hall–Kier alpha value is -1.86. The lowest BCUT2D eigenvalue weighted by atomic mass is 10.1. The molecule has 0 spiro atoms. The van der Waals surface area contributed by atoms with Crippen molar-refractivity contribution in [1.82, 2.24) is 4.98 Å². The minimum absolute atomic E-state index is 0.00463. The summed E-state index contributed by atoms with van der Waals surface area (Å²) < 4.78 is 111. The summed E-state index contributed by atoms with van der Waals surface area (Å²) in [6.07, 6.45) is 4.61. The van der Waals surface area contributed by atoms with Crippen molar-refractivity contribution in [2.24, 2.45) is 7.05 Å². The average molecular weight is 430 g/mol. The van der Waals surface area contributed by atoms with E-state index < -0.39 is 31.1 Å². The molecule has 150 valence electrons. The fraction of sp³-hybridized carbons (Fsp3) is 0.600. The minimum Gasteiger partial charge on any atom is -0.421 e. The summed E-state index contributed by atoms with van der Waals surface area (Å²) in [5.41, 5.74) is -12.4. The van der Waals surface area contributed by atoms with Gasteiger partial charge in [-0.1, -0.05) is 6.92 Å². The maximum absolute atomic E-state index is 11.4. The highest BCUT2D eigenvalue weighted by Crippen LogP contribution is 2.36. The van der Waals surface area contributed by atoms with Gasteiger partial charge in [0, 0.05) is 0 Å². The number of nitrogens with one attached hydrogen (secondary N) is 1. The Morgan fingerprint density at radius 1 is 1.15 bits per heavy atom. The fourth-order valence-electron chi connectivity index (χ4n) is 1.32. The van der Waals surface area contributed by atoms with Gasteiger partial charge in [0.05, 0.1) is 13.1 Å². The summed E-state index contributed by atoms with van der Waals surface area (Å²) in [6, 6.07) is 2.24. The third-order valence-electron chi connectivity index (χ3n) is 2.58. The van der Waals surface area contributed by atoms with Gasteiger partial charge < -0.3 is 4.13 Å². The summed E-state index contributed by atoms with van der Waals surface area (Å²) in [5, 5.41) is 8.74. The number of sulfonamides is 2. The number of aromatic amines is 1. The van der Waals surface area contributed by atoms with Crippen molar-refractivity contribution in [2.75, 3.05) is 0 Å². The number of hydrogen-bond acceptors (Lipinski definition) is 5. The number of nitriles is 1. The maximum Gasteiger partial charge on any atom is 0.480 e. The van der Waals surface area contributed by atoms with E-state index in [9.17, 15) is 43.2 Å². The zero-order valence-electron chi connectivity index (χ0n) is 13.0. The lowest BCUT2D eigenvalue weighted by Crippen LogP contribution is -2.31. The Labute approximate surface area is 144 Å². The molecule has 1 atom stereocenters. The van der Waals surface area contributed by atoms with Gasteiger partial charge >= 0.3 is 11.0 Å². The van der Waals surface area contributed by atoms with Crippen LogP contribution in [0.1, 0.15) is 25.1 Å². The molecule has 0 aliphatic heterocycles. The second kappa shape index (κ2) is 8.22. The van der Waals surface area contributed by atoms with E-state index >= 15 is 0 Å². The molecule has 1 aromatic rings. The summed E-state index contributed by atoms with van der Waals surface area (Å²) >= 11 is 0. The first-order valence-corrected chi connectivity index (χ1v) is 9.17. The van der Waals surface area contributed by atoms with Gasteiger partial charge in [-0.2, -0.15) is 31.6 Å². The molecule has 1 N–H and O–H groups in total. The number of aromatic nitrogens is 2. The number of H-pyrrole nitrogens is 1. The van der Waals surface area contributed by atoms with Crippen LogP contribution in [0, 0.1) is 11.3 Å². The van der Waals surface area contributed by atoms with Crippen molar-refractivity contribution < 1.29 is 47.7 Å². The Bertz CT molecular complexity index is 809. The van der Waals surface area contributed by atoms with Crippen LogP contribution in [0.4, 0.5) is 26.3 Å². The first-order chi connectivity index (χ1) is 11.5. The Balaban J connectivity index is 0.000000502. The zero-order chi connectivity index (χ0) is 21.0. The number of alkyl halides is 6. The summed E-state index contributed by atoms with van der Waals surface area (Å²) in [6.45, 7) is 2.01. The molecule has 16 heteroatoms. The van der Waals surface area contributed by atoms with Crippen molar-refractivity contribution in [3.8, 4) is 6.07 Å². The smallest absolute Gasteiger partial charge is 0.421 e. The van der Waals surface area contributed by atoms with Crippen molar-refractivity contribution >= 4 is 20.0 Å². The van der Waals surface area contributed by atoms with Gasteiger partial charge in [0.2, 0.25) is 0 Å². The Morgan fingerprint density at radius 3 is 1.81 bits per heavy atom. The lowest BCUT2D eigenvalue weighted by molar-refractivity contribution is -0.678. The molecule has 8 nitrogen and oxygen atoms in total. The van der Waals surface area contributed by atoms with Gasteiger partial charge in [-0.05, 0) is 6.42 Å². The molecular formula is C10H12F6N4O4S2. The van der Waals surface area contributed by atoms with E-state index in [1.807, 2.05) is 30.9 Å². The van der Waals surface area contributed by atoms with Gasteiger partial charge in [0.25, 0.3) is 5.82 Å². The predicted molar refractivity (Wildman–Crippen MR) is 73.9 cm³/mol. The van der Waals surface area contributed by atoms with E-state index in [4.69, 9.17) is 5.26 Å². The Morgan fingerprint density at radius 2 is 1.58 bits per heavy atom. The van der Waals surface area contributed by atoms with Crippen LogP contribution in [0.2, 0.25) is 0 Å². The summed E-state index contributed by atoms with van der Waals surface area (Å²) in [7, 11) is -11.5. The first kappa shape index (κ1) is 24.1. The molecule has 0 saturated carbocycles. The second-order valence-electron chi connectivity index (χ2n) is 4.46. The van der Waals surface area contributed by atoms with Crippen LogP contribution in [-0.2, 0) is 27.1 Å². The number of imidazole rings is 1. The summed E-state index contributed by atoms with van der Waals surface area (Å²) in [5.74, 6) is 0.977. The highest BCUT2D eigenvalue weighted by atomic mass is 32.3. The van der Waals surface area contributed by atoms with Crippen LogP contribution < -0.4 is 4.57 Å². The van der Waals surface area contributed by atoms with E-state index in [0.29, 0.717) is 0 Å². The maximum atomic E-state index is 11.4. The third-order valence-corrected chi connectivity index (χ3v) is 5.32. The molecule has 1 heterocycles. The number of hydrogen-bond donors (Lipinski definition) is 1. The topological polar surface area (TPSA) is 126 Å². The van der Waals surface area contributed by atoms with E-state index in [0.717, 1.165) is 16.4 Å². The monoisotopic (exact) mass is 430 g/mol. The molecule has 1 aromatic heterocycles. The van der Waals surface area contributed by atoms with E-state index in [-0.39, 0.29) is 5.92 Å². The van der Waals surface area contributed by atoms with Gasteiger partial charge in [0.1, 0.15) is 18.3 Å². The van der Waals surface area contributed by atoms with Crippen LogP contribution >= 0.6 is 0 Å². The highest BCUT2D eigenvalue weighted by molar-refractivity contribution is 8.13. The average Bonchev–Trinajstić information content (AvgIpc) is 2.84. The fourth-order valence-corrected chi connectivity index (χ4v) is 3.03. The van der Waals surface area contributed by atoms with Gasteiger partial charge in [-0.3, -0.25) is 0 Å². The van der Waals surface area contributed by atoms with Crippen LogP contribution in [0.5, 0.6) is 0 Å². The highest BCUT2D eigenvalue weighted by Gasteiger charge is 2.46. The predicted octanol–water partition coefficient (Wildman–Crippen LogP) is 1.92. The number of aryl methyl sites for hydroxylation is 1. The van der Waals surface area contributed by atoms with Crippen LogP contribution in [-0.4, -0.2) is 32.8 Å². The normalized spacial score (nSPS) is 14.1. The molecule has 0 fully saturated rings. The van der Waals surface area contributed by atoms with Crippen molar-refractivity contribution in [1.29, 1.82) is 5.26 Å². The van der Waals surface area contributed by atoms with Gasteiger partial charge in [0.15, 0.2) is 20.0 Å². The molecule has 0 saturated heterocycles. The lowest BCUT2D eigenvalue weighted by Gasteiger charge is -2.22. The molecule has 0 amide bonds. The van der Waals surface area contributed by atoms with E-state index in [1.54, 1.807) is 0 Å². The van der Waals surface area contributed by atoms with Crippen molar-refractivity contribution in [3.05, 3.63) is 22.3 Å². The minimum atomic E-state index is -6.72. The Kier molecular flexibility index (Phi) is 7.63. The number of halogens is 6. The summed E-state index contributed by atoms with van der Waals surface area (Å²) in [4.78, 5) is 3.05. The van der Waals surface area contributed by atoms with Gasteiger partial charge in [-0.25, -0.2) is 26.4 Å². The zero-order valence-corrected chi connectivity index (χ0v) is 14.6. The molecule has 0 radical (unpaired) electrons. The number of rotatable bonds is 4. The van der Waals surface area contributed by atoms with Gasteiger partial charge in [-0.15, -0.1) is 0 Å². The quantitative estimate of drug-likeness (QED) is 0.577. The second-order valence-corrected chi connectivity index (χ2v) is 7.88. The molecule has 1 unspecified atom stereocenters. The molecule has 26 heavy (non-hydrogen) atoms. The largest absolute Gasteiger partial charge is 0.480 e. The van der Waals surface area contributed by atoms with Crippen LogP contribution in [0.15, 0.2) is 12.4 Å². The molecule has 0 aliphatic rings. The van der Waals surface area contributed by atoms with Crippen molar-refractivity contribution in [3.63, 3.8) is 0 Å². The molecule has 0 bridgehead atoms. The molecule has 0 aromatic carbocycles. The van der Waals surface area contributed by atoms with E-state index in [1.165, 1.54) is 0 Å². The first-order valence-electron chi connectivity index (χ1n) is 6.29. The SMILES string of the molecule is CCC(C#N)c1[nH]cc[n+]1C.O=S(=O)([N-]S(=O)(=O)C(F)(F)F)C(F)(F)F. The number of nitrogens with zero attached hydrogens (tertiary/aromatic N) is 3. The van der Waals surface area contributed by atoms with Crippen LogP contribution in [0.25, 0.3) is 4.13 Å². The molecular weight excluding hydrogens is 418 g/mol. The van der Waals surface area contributed by atoms with Crippen molar-refractivity contribution in [2.45, 2.75) is 30.3 Å². The van der Waals surface area contributed by atoms with Crippen LogP contribution in [0.3, 0.4) is 0 Å². The molecule has 1 rings (SSSR count).